The van der Waals surface area contributed by atoms with Crippen LogP contribution in [0.5, 0.6) is 0 Å². The maximum Gasteiger partial charge on any atom is 0.460 e. The van der Waals surface area contributed by atoms with Crippen LogP contribution in [0.2, 0.25) is 0 Å². The van der Waals surface area contributed by atoms with Gasteiger partial charge in [0.05, 0.1) is 0 Å². The van der Waals surface area contributed by atoms with Gasteiger partial charge in [0.1, 0.15) is 0 Å². The van der Waals surface area contributed by atoms with Gasteiger partial charge < -0.3 is 0 Å². The molecular weight excluding hydrogens is 313 g/mol. The van der Waals surface area contributed by atoms with Crippen molar-refractivity contribution in [2.45, 2.75) is 24.1 Å². The van der Waals surface area contributed by atoms with Gasteiger partial charge in [-0.05, 0) is 0 Å². The second kappa shape index (κ2) is 5.26. The Morgan fingerprint density at radius 1 is 0.789 bits per heavy atom. The fourth-order valence-corrected chi connectivity index (χ4v) is 0.533. The van der Waals surface area contributed by atoms with Crippen molar-refractivity contribution in [2.75, 3.05) is 6.67 Å². The van der Waals surface area contributed by atoms with Gasteiger partial charge in [0, 0.05) is 0 Å². The summed E-state index contributed by atoms with van der Waals surface area (Å²) >= 11 is 0. The van der Waals surface area contributed by atoms with E-state index in [0.717, 1.165) is 0 Å². The Morgan fingerprint density at radius 2 is 1.21 bits per heavy atom. The van der Waals surface area contributed by atoms with Gasteiger partial charge in [0.2, 0.25) is 0 Å². The summed E-state index contributed by atoms with van der Waals surface area (Å²) in [6.07, 6.45) is -16.2. The van der Waals surface area contributed by atoms with Crippen LogP contribution in [0.25, 0.3) is 0 Å². The average Bonchev–Trinajstić information content (AvgIpc) is 2.23. The maximum atomic E-state index is 12.4. The molecule has 0 aromatic carbocycles. The number of alkyl halides is 10. The maximum absolute atomic E-state index is 12.4. The zero-order chi connectivity index (χ0) is 15.7. The summed E-state index contributed by atoms with van der Waals surface area (Å²) in [5.41, 5.74) is 0. The average molecular weight is 315 g/mol. The van der Waals surface area contributed by atoms with E-state index in [1.54, 1.807) is 0 Å². The zero-order valence-electron chi connectivity index (χ0n) is 8.18. The molecule has 0 saturated heterocycles. The first kappa shape index (κ1) is 18.1. The van der Waals surface area contributed by atoms with Crippen molar-refractivity contribution < 1.29 is 58.1 Å². The lowest BCUT2D eigenvalue weighted by Gasteiger charge is -2.32. The largest absolute Gasteiger partial charge is 0.460 e. The molecule has 0 spiro atoms. The van der Waals surface area contributed by atoms with Crippen molar-refractivity contribution in [3.05, 3.63) is 6.36 Å². The third kappa shape index (κ3) is 3.38. The first-order valence-electron chi connectivity index (χ1n) is 3.84. The molecule has 0 amide bonds. The van der Waals surface area contributed by atoms with Gasteiger partial charge in [-0.3, -0.25) is 0 Å². The van der Waals surface area contributed by atoms with Crippen LogP contribution in [0.4, 0.5) is 48.3 Å². The molecule has 0 heterocycles. The molecule has 2 nitrogen and oxygen atoms in total. The molecule has 0 atom stereocenters. The van der Waals surface area contributed by atoms with Crippen molar-refractivity contribution in [3.63, 3.8) is 0 Å². The molecule has 0 N–H and O–H groups in total. The van der Waals surface area contributed by atoms with Crippen LogP contribution >= 0.6 is 0 Å². The minimum atomic E-state index is -7.21. The van der Waals surface area contributed by atoms with Gasteiger partial charge in [0.15, 0.2) is 6.67 Å². The number of hydrogen-bond acceptors (Lipinski definition) is 2. The molecule has 0 aliphatic heterocycles. The second-order valence-corrected chi connectivity index (χ2v) is 2.82. The highest BCUT2D eigenvalue weighted by Crippen LogP contribution is 2.53. The van der Waals surface area contributed by atoms with Crippen LogP contribution < -0.4 is 0 Å². The molecule has 0 aliphatic carbocycles. The van der Waals surface area contributed by atoms with Crippen molar-refractivity contribution in [3.8, 4) is 0 Å². The van der Waals surface area contributed by atoms with Gasteiger partial charge >= 0.3 is 30.5 Å². The van der Waals surface area contributed by atoms with Crippen LogP contribution in [0.1, 0.15) is 0 Å². The Bertz CT molecular complexity index is 298. The van der Waals surface area contributed by atoms with Crippen LogP contribution in [-0.4, -0.2) is 30.8 Å². The predicted octanol–water partition coefficient (Wildman–Crippen LogP) is 3.79. The molecule has 0 aliphatic rings. The third-order valence-electron chi connectivity index (χ3n) is 1.46. The molecule has 0 rings (SSSR count). The van der Waals surface area contributed by atoms with E-state index in [1.165, 1.54) is 0 Å². The van der Waals surface area contributed by atoms with E-state index in [9.17, 15) is 48.3 Å². The summed E-state index contributed by atoms with van der Waals surface area (Å²) in [6.45, 7) is -2.28. The lowest BCUT2D eigenvalue weighted by molar-refractivity contribution is -0.522. The summed E-state index contributed by atoms with van der Waals surface area (Å²) in [6, 6.07) is 0. The topological polar surface area (TPSA) is 18.5 Å². The van der Waals surface area contributed by atoms with Crippen LogP contribution in [0.15, 0.2) is 0 Å². The number of rotatable bonds is 6. The minimum Gasteiger partial charge on any atom is -0.244 e. The number of halogens is 11. The molecule has 19 heavy (non-hydrogen) atoms. The summed E-state index contributed by atoms with van der Waals surface area (Å²) in [5, 5.41) is 0. The third-order valence-corrected chi connectivity index (χ3v) is 1.46. The Kier molecular flexibility index (Phi) is 5.03. The zero-order valence-corrected chi connectivity index (χ0v) is 8.18. The van der Waals surface area contributed by atoms with Crippen molar-refractivity contribution in [1.29, 1.82) is 0 Å². The molecule has 115 valence electrons. The monoisotopic (exact) mass is 315 g/mol. The van der Waals surface area contributed by atoms with Crippen LogP contribution in [-0.2, 0) is 9.78 Å². The van der Waals surface area contributed by atoms with Crippen LogP contribution in [0, 0.1) is 6.36 Å². The van der Waals surface area contributed by atoms with Crippen molar-refractivity contribution >= 4 is 0 Å². The van der Waals surface area contributed by atoms with Gasteiger partial charge in [-0.1, -0.05) is 0 Å². The highest BCUT2D eigenvalue weighted by molar-refractivity contribution is 4.96. The van der Waals surface area contributed by atoms with E-state index in [1.807, 2.05) is 0 Å². The Hall–Kier alpha value is -0.850. The lowest BCUT2D eigenvalue weighted by Crippen LogP contribution is -2.61. The molecule has 0 saturated carbocycles. The van der Waals surface area contributed by atoms with E-state index >= 15 is 0 Å². The summed E-state index contributed by atoms with van der Waals surface area (Å²) < 4.78 is 131. The predicted molar refractivity (Wildman–Crippen MR) is 33.4 cm³/mol. The van der Waals surface area contributed by atoms with Crippen molar-refractivity contribution in [2.24, 2.45) is 0 Å². The fourth-order valence-electron chi connectivity index (χ4n) is 0.533. The molecule has 0 unspecified atom stereocenters. The molecular formula is C6H2F11O2. The minimum absolute atomic E-state index is 2.11. The first-order valence-corrected chi connectivity index (χ1v) is 3.84. The van der Waals surface area contributed by atoms with E-state index in [0.29, 0.717) is 0 Å². The summed E-state index contributed by atoms with van der Waals surface area (Å²) in [4.78, 5) is 4.61. The quantitative estimate of drug-likeness (QED) is 0.422. The Labute approximate surface area is 96.5 Å². The van der Waals surface area contributed by atoms with Crippen molar-refractivity contribution in [1.82, 2.24) is 0 Å². The second-order valence-electron chi connectivity index (χ2n) is 2.82. The van der Waals surface area contributed by atoms with Gasteiger partial charge in [-0.2, -0.15) is 53.7 Å². The van der Waals surface area contributed by atoms with E-state index in [-0.39, 0.29) is 0 Å². The molecule has 1 radical (unpaired) electrons. The smallest absolute Gasteiger partial charge is 0.244 e. The Morgan fingerprint density at radius 3 is 1.53 bits per heavy atom. The fraction of sp³-hybridized carbons (Fsp3) is 0.833. The molecule has 0 aromatic heterocycles. The first-order chi connectivity index (χ1) is 8.20. The molecule has 0 aromatic rings. The molecule has 0 bridgehead atoms. The molecule has 13 heteroatoms. The van der Waals surface area contributed by atoms with Crippen LogP contribution in [0.3, 0.4) is 0 Å². The summed E-state index contributed by atoms with van der Waals surface area (Å²) in [7, 11) is 0. The van der Waals surface area contributed by atoms with Gasteiger partial charge in [-0.25, -0.2) is 4.39 Å². The van der Waals surface area contributed by atoms with E-state index in [4.69, 9.17) is 0 Å². The van der Waals surface area contributed by atoms with Gasteiger partial charge in [-0.15, -0.1) is 0 Å². The lowest BCUT2D eigenvalue weighted by atomic mass is 10.1. The SMILES string of the molecule is FC[C](F)OOC(F)(F)C(F)(F)C(F)(F)C(F)(F)F. The Balaban J connectivity index is 5.17. The highest BCUT2D eigenvalue weighted by Gasteiger charge is 2.83. The summed E-state index contributed by atoms with van der Waals surface area (Å²) in [5.74, 6) is -14.3. The van der Waals surface area contributed by atoms with E-state index in [2.05, 4.69) is 9.78 Å². The highest BCUT2D eigenvalue weighted by atomic mass is 19.4. The normalized spacial score (nSPS) is 15.2. The molecule has 0 fully saturated rings. The standard InChI is InChI=1S/C6H2F11O2/c7-1-2(8)18-19-6(16,17)4(11,12)3(9,10)5(13,14)15/h1H2. The number of hydrogen-bond donors (Lipinski definition) is 0. The van der Waals surface area contributed by atoms with Gasteiger partial charge in [0.25, 0.3) is 0 Å². The van der Waals surface area contributed by atoms with E-state index < -0.39 is 37.2 Å².